The van der Waals surface area contributed by atoms with E-state index >= 15 is 0 Å². The molecule has 0 saturated carbocycles. The van der Waals surface area contributed by atoms with Gasteiger partial charge in [-0.1, -0.05) is 32.9 Å². The van der Waals surface area contributed by atoms with Crippen LogP contribution < -0.4 is 5.32 Å². The molecule has 19 heavy (non-hydrogen) atoms. The van der Waals surface area contributed by atoms with Crippen molar-refractivity contribution in [2.24, 2.45) is 0 Å². The molecule has 1 heterocycles. The summed E-state index contributed by atoms with van der Waals surface area (Å²) < 4.78 is 24.1. The van der Waals surface area contributed by atoms with Gasteiger partial charge in [-0.2, -0.15) is 4.31 Å². The molecule has 0 bridgehead atoms. The van der Waals surface area contributed by atoms with Crippen molar-refractivity contribution < 1.29 is 8.42 Å². The minimum absolute atomic E-state index is 0.121. The van der Waals surface area contributed by atoms with Crippen molar-refractivity contribution in [3.05, 3.63) is 29.8 Å². The van der Waals surface area contributed by atoms with Gasteiger partial charge in [-0.15, -0.1) is 0 Å². The van der Waals surface area contributed by atoms with Crippen LogP contribution in [0.1, 0.15) is 26.3 Å². The van der Waals surface area contributed by atoms with Gasteiger partial charge >= 0.3 is 0 Å². The first-order chi connectivity index (χ1) is 8.66. The molecule has 1 aliphatic heterocycles. The van der Waals surface area contributed by atoms with Gasteiger partial charge in [-0.25, -0.2) is 8.42 Å². The van der Waals surface area contributed by atoms with Crippen LogP contribution in [-0.2, 0) is 15.4 Å². The highest BCUT2D eigenvalue weighted by Crippen LogP contribution is 2.25. The Morgan fingerprint density at radius 2 is 1.89 bits per heavy atom. The van der Waals surface area contributed by atoms with Gasteiger partial charge in [0.1, 0.15) is 0 Å². The van der Waals surface area contributed by atoms with Crippen LogP contribution in [0.3, 0.4) is 0 Å². The van der Waals surface area contributed by atoms with Crippen LogP contribution >= 0.6 is 0 Å². The Hall–Kier alpha value is -1.07. The zero-order valence-corrected chi connectivity index (χ0v) is 12.8. The lowest BCUT2D eigenvalue weighted by atomic mass is 9.87. The minimum Gasteiger partial charge on any atom is -0.380 e. The molecule has 0 spiro atoms. The van der Waals surface area contributed by atoms with Crippen molar-refractivity contribution in [1.82, 2.24) is 4.31 Å². The highest BCUT2D eigenvalue weighted by Gasteiger charge is 2.32. The predicted molar refractivity (Wildman–Crippen MR) is 79.0 cm³/mol. The standard InChI is InChI=1S/C14H22N2O2S/c1-14(2,3)11-6-5-7-12(8-11)15-13-9-16(10-13)19(4,17)18/h5-8,13,15H,9-10H2,1-4H3. The van der Waals surface area contributed by atoms with Crippen LogP contribution in [0.5, 0.6) is 0 Å². The summed E-state index contributed by atoms with van der Waals surface area (Å²) in [5.74, 6) is 0. The van der Waals surface area contributed by atoms with Crippen LogP contribution in [0.2, 0.25) is 0 Å². The smallest absolute Gasteiger partial charge is 0.211 e. The fraction of sp³-hybridized carbons (Fsp3) is 0.571. The summed E-state index contributed by atoms with van der Waals surface area (Å²) in [5.41, 5.74) is 2.46. The molecule has 0 atom stereocenters. The molecule has 0 radical (unpaired) electrons. The Balaban J connectivity index is 1.99. The summed E-state index contributed by atoms with van der Waals surface area (Å²) in [6, 6.07) is 8.54. The number of nitrogens with one attached hydrogen (secondary N) is 1. The maximum Gasteiger partial charge on any atom is 0.211 e. The molecule has 0 amide bonds. The average Bonchev–Trinajstić information content (AvgIpc) is 2.20. The Morgan fingerprint density at radius 1 is 1.26 bits per heavy atom. The van der Waals surface area contributed by atoms with Gasteiger partial charge in [0.15, 0.2) is 0 Å². The van der Waals surface area contributed by atoms with E-state index in [1.165, 1.54) is 16.1 Å². The quantitative estimate of drug-likeness (QED) is 0.923. The van der Waals surface area contributed by atoms with Crippen molar-refractivity contribution in [1.29, 1.82) is 0 Å². The van der Waals surface area contributed by atoms with Gasteiger partial charge < -0.3 is 5.32 Å². The molecule has 1 aromatic carbocycles. The third kappa shape index (κ3) is 3.48. The number of sulfonamides is 1. The number of rotatable bonds is 3. The SMILES string of the molecule is CC(C)(C)c1cccc(NC2CN(S(C)(=O)=O)C2)c1. The molecule has 1 aliphatic rings. The second-order valence-corrected chi connectivity index (χ2v) is 8.23. The lowest BCUT2D eigenvalue weighted by molar-refractivity contribution is 0.283. The van der Waals surface area contributed by atoms with E-state index in [1.807, 2.05) is 12.1 Å². The van der Waals surface area contributed by atoms with Crippen LogP contribution in [0, 0.1) is 0 Å². The van der Waals surface area contributed by atoms with E-state index in [0.29, 0.717) is 13.1 Å². The molecule has 1 aromatic rings. The van der Waals surface area contributed by atoms with Crippen LogP contribution in [0.15, 0.2) is 24.3 Å². The van der Waals surface area contributed by atoms with Gasteiger partial charge in [0.2, 0.25) is 10.0 Å². The van der Waals surface area contributed by atoms with Gasteiger partial charge in [0.25, 0.3) is 0 Å². The van der Waals surface area contributed by atoms with Crippen LogP contribution in [0.25, 0.3) is 0 Å². The highest BCUT2D eigenvalue weighted by molar-refractivity contribution is 7.88. The molecule has 4 nitrogen and oxygen atoms in total. The molecular weight excluding hydrogens is 260 g/mol. The molecule has 0 aromatic heterocycles. The summed E-state index contributed by atoms with van der Waals surface area (Å²) in [5, 5.41) is 3.39. The van der Waals surface area contributed by atoms with E-state index in [4.69, 9.17) is 0 Å². The zero-order valence-electron chi connectivity index (χ0n) is 12.0. The molecule has 1 fully saturated rings. The summed E-state index contributed by atoms with van der Waals surface area (Å²) in [6.07, 6.45) is 1.25. The molecule has 0 unspecified atom stereocenters. The van der Waals surface area contributed by atoms with E-state index in [-0.39, 0.29) is 11.5 Å². The minimum atomic E-state index is -3.03. The van der Waals surface area contributed by atoms with E-state index < -0.39 is 10.0 Å². The lowest BCUT2D eigenvalue weighted by Crippen LogP contribution is -2.56. The summed E-state index contributed by atoms with van der Waals surface area (Å²) in [6.45, 7) is 7.65. The van der Waals surface area contributed by atoms with E-state index in [1.54, 1.807) is 0 Å². The van der Waals surface area contributed by atoms with E-state index in [0.717, 1.165) is 5.69 Å². The Kier molecular flexibility index (Phi) is 3.62. The lowest BCUT2D eigenvalue weighted by Gasteiger charge is -2.38. The van der Waals surface area contributed by atoms with Gasteiger partial charge in [0.05, 0.1) is 12.3 Å². The van der Waals surface area contributed by atoms with Crippen LogP contribution in [0.4, 0.5) is 5.69 Å². The number of nitrogens with zero attached hydrogens (tertiary/aromatic N) is 1. The van der Waals surface area contributed by atoms with Crippen LogP contribution in [-0.4, -0.2) is 38.1 Å². The maximum absolute atomic E-state index is 11.3. The molecule has 106 valence electrons. The zero-order chi connectivity index (χ0) is 14.3. The maximum atomic E-state index is 11.3. The Morgan fingerprint density at radius 3 is 2.42 bits per heavy atom. The molecule has 1 saturated heterocycles. The monoisotopic (exact) mass is 282 g/mol. The Bertz CT molecular complexity index is 555. The largest absolute Gasteiger partial charge is 0.380 e. The van der Waals surface area contributed by atoms with Crippen molar-refractivity contribution in [3.63, 3.8) is 0 Å². The summed E-state index contributed by atoms with van der Waals surface area (Å²) in [7, 11) is -3.03. The fourth-order valence-corrected chi connectivity index (χ4v) is 3.01. The van der Waals surface area contributed by atoms with Crippen molar-refractivity contribution in [3.8, 4) is 0 Å². The normalized spacial score (nSPS) is 18.1. The molecule has 2 rings (SSSR count). The molecule has 1 N–H and O–H groups in total. The van der Waals surface area contributed by atoms with E-state index in [2.05, 4.69) is 38.2 Å². The highest BCUT2D eigenvalue weighted by atomic mass is 32.2. The number of hydrogen-bond acceptors (Lipinski definition) is 3. The second kappa shape index (κ2) is 4.80. The topological polar surface area (TPSA) is 49.4 Å². The number of anilines is 1. The average molecular weight is 282 g/mol. The number of benzene rings is 1. The van der Waals surface area contributed by atoms with Crippen molar-refractivity contribution >= 4 is 15.7 Å². The van der Waals surface area contributed by atoms with Crippen molar-refractivity contribution in [2.75, 3.05) is 24.7 Å². The van der Waals surface area contributed by atoms with Gasteiger partial charge in [-0.3, -0.25) is 0 Å². The third-order valence-electron chi connectivity index (χ3n) is 3.42. The van der Waals surface area contributed by atoms with Crippen molar-refractivity contribution in [2.45, 2.75) is 32.2 Å². The van der Waals surface area contributed by atoms with Gasteiger partial charge in [-0.05, 0) is 23.1 Å². The summed E-state index contributed by atoms with van der Waals surface area (Å²) >= 11 is 0. The first-order valence-electron chi connectivity index (χ1n) is 6.48. The first kappa shape index (κ1) is 14.3. The number of hydrogen-bond donors (Lipinski definition) is 1. The predicted octanol–water partition coefficient (Wildman–Crippen LogP) is 2.04. The molecule has 0 aliphatic carbocycles. The first-order valence-corrected chi connectivity index (χ1v) is 8.33. The van der Waals surface area contributed by atoms with Gasteiger partial charge in [0, 0.05) is 18.8 Å². The third-order valence-corrected chi connectivity index (χ3v) is 4.65. The molecular formula is C14H22N2O2S. The Labute approximate surface area is 115 Å². The summed E-state index contributed by atoms with van der Waals surface area (Å²) in [4.78, 5) is 0. The second-order valence-electron chi connectivity index (χ2n) is 6.25. The molecule has 5 heteroatoms. The van der Waals surface area contributed by atoms with E-state index in [9.17, 15) is 8.42 Å². The fourth-order valence-electron chi connectivity index (χ4n) is 2.11.